The van der Waals surface area contributed by atoms with Crippen molar-refractivity contribution in [3.8, 4) is 0 Å². The Morgan fingerprint density at radius 2 is 1.71 bits per heavy atom. The number of nitro groups is 1. The molecule has 3 atom stereocenters. The number of benzene rings is 2. The predicted octanol–water partition coefficient (Wildman–Crippen LogP) is 7.11. The second-order valence-corrected chi connectivity index (χ2v) is 10.2. The molecule has 0 aromatic heterocycles. The van der Waals surface area contributed by atoms with Gasteiger partial charge in [-0.15, -0.1) is 11.6 Å². The maximum Gasteiger partial charge on any atom is 0.338 e. The fourth-order valence-electron chi connectivity index (χ4n) is 3.31. The topological polar surface area (TPSA) is 86.5 Å². The zero-order valence-corrected chi connectivity index (χ0v) is 21.4. The fraction of sp³-hybridized carbons (Fsp3) is 0.423. The quantitative estimate of drug-likeness (QED) is 0.0951. The molecule has 0 heterocycles. The lowest BCUT2D eigenvalue weighted by molar-refractivity contribution is -0.384. The SMILES string of the molecule is CCCC/C=C(\[C@H](OC(=O)c1ccc([N+](=O)[O-])cc1)[C@H](Cl)CCCC)[S@@](=O)c1ccc(C)cc1. The van der Waals surface area contributed by atoms with Gasteiger partial charge in [-0.05, 0) is 44.0 Å². The Bertz CT molecular complexity index is 1000. The summed E-state index contributed by atoms with van der Waals surface area (Å²) in [5, 5.41) is 10.4. The van der Waals surface area contributed by atoms with Gasteiger partial charge >= 0.3 is 5.97 Å². The van der Waals surface area contributed by atoms with E-state index in [1.807, 2.05) is 44.2 Å². The molecular weight excluding hydrogens is 474 g/mol. The van der Waals surface area contributed by atoms with Gasteiger partial charge in [0.15, 0.2) is 6.10 Å². The van der Waals surface area contributed by atoms with E-state index in [-0.39, 0.29) is 11.3 Å². The average Bonchev–Trinajstić information content (AvgIpc) is 2.84. The third kappa shape index (κ3) is 8.06. The Morgan fingerprint density at radius 3 is 2.26 bits per heavy atom. The Hall–Kier alpha value is -2.51. The molecule has 0 fully saturated rings. The van der Waals surface area contributed by atoms with Gasteiger partial charge in [0.2, 0.25) is 0 Å². The molecule has 0 saturated carbocycles. The first-order chi connectivity index (χ1) is 16.3. The standard InChI is InChI=1S/C26H32ClNO5S/c1-4-6-8-10-24(34(32)22-17-11-19(3)12-18-22)25(23(27)9-7-5-2)33-26(29)20-13-15-21(16-14-20)28(30)31/h10-18,23,25H,4-9H2,1-3H3/b24-10+/t23-,25-,34+/m1/s1. The third-order valence-corrected chi connectivity index (χ3v) is 7.32. The Labute approximate surface area is 209 Å². The van der Waals surface area contributed by atoms with Crippen LogP contribution in [-0.4, -0.2) is 26.6 Å². The molecule has 0 spiro atoms. The Balaban J connectivity index is 2.41. The molecule has 184 valence electrons. The zero-order chi connectivity index (χ0) is 25.1. The van der Waals surface area contributed by atoms with Crippen molar-refractivity contribution in [2.24, 2.45) is 0 Å². The molecule has 0 aliphatic carbocycles. The van der Waals surface area contributed by atoms with Gasteiger partial charge in [0.1, 0.15) is 0 Å². The summed E-state index contributed by atoms with van der Waals surface area (Å²) < 4.78 is 19.5. The van der Waals surface area contributed by atoms with Crippen LogP contribution in [0.3, 0.4) is 0 Å². The number of nitrogens with zero attached hydrogens (tertiary/aromatic N) is 1. The van der Waals surface area contributed by atoms with E-state index in [1.54, 1.807) is 0 Å². The second-order valence-electron chi connectivity index (χ2n) is 8.12. The van der Waals surface area contributed by atoms with Crippen molar-refractivity contribution >= 4 is 34.1 Å². The molecule has 0 N–H and O–H groups in total. The van der Waals surface area contributed by atoms with Crippen molar-refractivity contribution in [3.63, 3.8) is 0 Å². The van der Waals surface area contributed by atoms with E-state index in [4.69, 9.17) is 16.3 Å². The summed E-state index contributed by atoms with van der Waals surface area (Å²) in [4.78, 5) is 24.5. The summed E-state index contributed by atoms with van der Waals surface area (Å²) >= 11 is 6.75. The van der Waals surface area contributed by atoms with Crippen LogP contribution in [-0.2, 0) is 15.5 Å². The van der Waals surface area contributed by atoms with Crippen molar-refractivity contribution < 1.29 is 18.7 Å². The number of carbonyl (C=O) groups excluding carboxylic acids is 1. The van der Waals surface area contributed by atoms with E-state index >= 15 is 0 Å². The van der Waals surface area contributed by atoms with E-state index in [0.717, 1.165) is 31.2 Å². The van der Waals surface area contributed by atoms with E-state index < -0.39 is 33.2 Å². The number of allylic oxidation sites excluding steroid dienone is 1. The van der Waals surface area contributed by atoms with E-state index in [0.29, 0.717) is 22.6 Å². The van der Waals surface area contributed by atoms with Crippen LogP contribution >= 0.6 is 11.6 Å². The monoisotopic (exact) mass is 505 g/mol. The van der Waals surface area contributed by atoms with Crippen molar-refractivity contribution in [2.45, 2.75) is 75.7 Å². The maximum atomic E-state index is 13.6. The molecule has 6 nitrogen and oxygen atoms in total. The summed E-state index contributed by atoms with van der Waals surface area (Å²) in [5.74, 6) is -0.663. The van der Waals surface area contributed by atoms with Crippen molar-refractivity contribution in [1.82, 2.24) is 0 Å². The largest absolute Gasteiger partial charge is 0.452 e. The number of unbranched alkanes of at least 4 members (excludes halogenated alkanes) is 3. The maximum absolute atomic E-state index is 13.6. The first kappa shape index (κ1) is 27.7. The highest BCUT2D eigenvalue weighted by Crippen LogP contribution is 2.29. The number of ether oxygens (including phenoxy) is 1. The van der Waals surface area contributed by atoms with Gasteiger partial charge in [-0.3, -0.25) is 10.1 Å². The highest BCUT2D eigenvalue weighted by atomic mass is 35.5. The molecule has 0 radical (unpaired) electrons. The van der Waals surface area contributed by atoms with Crippen LogP contribution in [0.2, 0.25) is 0 Å². The minimum atomic E-state index is -1.56. The third-order valence-electron chi connectivity index (χ3n) is 5.34. The predicted molar refractivity (Wildman–Crippen MR) is 137 cm³/mol. The van der Waals surface area contributed by atoms with Gasteiger partial charge in [-0.2, -0.15) is 0 Å². The molecule has 2 aromatic rings. The van der Waals surface area contributed by atoms with Crippen molar-refractivity contribution in [3.05, 3.63) is 80.8 Å². The van der Waals surface area contributed by atoms with E-state index in [9.17, 15) is 19.1 Å². The van der Waals surface area contributed by atoms with Crippen LogP contribution in [0.25, 0.3) is 0 Å². The zero-order valence-electron chi connectivity index (χ0n) is 19.9. The minimum Gasteiger partial charge on any atom is -0.452 e. The summed E-state index contributed by atoms with van der Waals surface area (Å²) in [6.07, 6.45) is 5.89. The first-order valence-corrected chi connectivity index (χ1v) is 13.1. The lowest BCUT2D eigenvalue weighted by Gasteiger charge is -2.25. The summed E-state index contributed by atoms with van der Waals surface area (Å²) in [5.41, 5.74) is 1.10. The van der Waals surface area contributed by atoms with Crippen LogP contribution < -0.4 is 0 Å². The number of carbonyl (C=O) groups is 1. The van der Waals surface area contributed by atoms with Gasteiger partial charge in [0.25, 0.3) is 5.69 Å². The Morgan fingerprint density at radius 1 is 1.09 bits per heavy atom. The van der Waals surface area contributed by atoms with E-state index in [2.05, 4.69) is 6.92 Å². The molecule has 34 heavy (non-hydrogen) atoms. The molecule has 0 bridgehead atoms. The summed E-state index contributed by atoms with van der Waals surface area (Å²) in [6.45, 7) is 6.07. The highest BCUT2D eigenvalue weighted by Gasteiger charge is 2.31. The second kappa shape index (κ2) is 14.0. The molecule has 8 heteroatoms. The summed E-state index contributed by atoms with van der Waals surface area (Å²) in [7, 11) is -1.56. The molecule has 0 unspecified atom stereocenters. The van der Waals surface area contributed by atoms with Crippen LogP contribution in [0.15, 0.2) is 64.4 Å². The molecule has 2 rings (SSSR count). The van der Waals surface area contributed by atoms with Crippen LogP contribution in [0.5, 0.6) is 0 Å². The number of esters is 1. The number of rotatable bonds is 13. The first-order valence-electron chi connectivity index (χ1n) is 11.6. The van der Waals surface area contributed by atoms with Gasteiger partial charge in [-0.25, -0.2) is 9.00 Å². The highest BCUT2D eigenvalue weighted by molar-refractivity contribution is 7.89. The fourth-order valence-corrected chi connectivity index (χ4v) is 5.07. The van der Waals surface area contributed by atoms with Crippen molar-refractivity contribution in [1.29, 1.82) is 0 Å². The number of alkyl halides is 1. The lowest BCUT2D eigenvalue weighted by atomic mass is 10.1. The van der Waals surface area contributed by atoms with Crippen LogP contribution in [0.4, 0.5) is 5.69 Å². The normalized spacial score (nSPS) is 14.3. The van der Waals surface area contributed by atoms with E-state index in [1.165, 1.54) is 24.3 Å². The van der Waals surface area contributed by atoms with Gasteiger partial charge < -0.3 is 4.74 Å². The number of non-ortho nitro benzene ring substituents is 1. The number of halogens is 1. The summed E-state index contributed by atoms with van der Waals surface area (Å²) in [6, 6.07) is 12.6. The van der Waals surface area contributed by atoms with Gasteiger partial charge in [-0.1, -0.05) is 63.3 Å². The molecule has 0 amide bonds. The minimum absolute atomic E-state index is 0.119. The molecule has 0 aliphatic heterocycles. The molecule has 2 aromatic carbocycles. The lowest BCUT2D eigenvalue weighted by Crippen LogP contribution is -2.31. The average molecular weight is 506 g/mol. The van der Waals surface area contributed by atoms with Crippen LogP contribution in [0.1, 0.15) is 68.3 Å². The molecule has 0 aliphatic rings. The number of nitro benzene ring substituents is 1. The van der Waals surface area contributed by atoms with Gasteiger partial charge in [0, 0.05) is 17.0 Å². The number of hydrogen-bond acceptors (Lipinski definition) is 5. The number of hydrogen-bond donors (Lipinski definition) is 0. The van der Waals surface area contributed by atoms with Gasteiger partial charge in [0.05, 0.1) is 31.6 Å². The van der Waals surface area contributed by atoms with Crippen molar-refractivity contribution in [2.75, 3.05) is 0 Å². The molecule has 0 saturated heterocycles. The van der Waals surface area contributed by atoms with Crippen LogP contribution in [0, 0.1) is 17.0 Å². The molecular formula is C26H32ClNO5S. The smallest absolute Gasteiger partial charge is 0.338 e. The number of aryl methyl sites for hydroxylation is 1. The Kier molecular flexibility index (Phi) is 11.4.